The lowest BCUT2D eigenvalue weighted by Gasteiger charge is -2.37. The average molecular weight is 436 g/mol. The molecule has 1 aliphatic heterocycles. The van der Waals surface area contributed by atoms with Gasteiger partial charge in [0.05, 0.1) is 11.3 Å². The molecule has 0 atom stereocenters. The van der Waals surface area contributed by atoms with Crippen molar-refractivity contribution in [3.05, 3.63) is 72.0 Å². The Labute approximate surface area is 187 Å². The maximum atomic E-state index is 12.8. The van der Waals surface area contributed by atoms with E-state index in [0.717, 1.165) is 17.1 Å². The fraction of sp³-hybridized carbons (Fsp3) is 0.304. The summed E-state index contributed by atoms with van der Waals surface area (Å²) in [4.78, 5) is 33.5. The van der Waals surface area contributed by atoms with E-state index in [4.69, 9.17) is 5.73 Å². The Kier molecular flexibility index (Phi) is 7.43. The predicted molar refractivity (Wildman–Crippen MR) is 125 cm³/mol. The molecule has 9 nitrogen and oxygen atoms in total. The summed E-state index contributed by atoms with van der Waals surface area (Å²) < 4.78 is 1.74. The van der Waals surface area contributed by atoms with E-state index < -0.39 is 0 Å². The minimum atomic E-state index is -0.289. The molecule has 0 bridgehead atoms. The molecule has 2 aromatic rings. The van der Waals surface area contributed by atoms with Gasteiger partial charge in [-0.3, -0.25) is 14.3 Å². The van der Waals surface area contributed by atoms with Crippen molar-refractivity contribution in [1.29, 1.82) is 0 Å². The fourth-order valence-electron chi connectivity index (χ4n) is 3.61. The van der Waals surface area contributed by atoms with Crippen molar-refractivity contribution in [2.45, 2.75) is 20.4 Å². The zero-order chi connectivity index (χ0) is 23.1. The van der Waals surface area contributed by atoms with Crippen LogP contribution in [0, 0.1) is 13.8 Å². The van der Waals surface area contributed by atoms with Crippen molar-refractivity contribution in [2.24, 2.45) is 10.7 Å². The summed E-state index contributed by atoms with van der Waals surface area (Å²) in [6.45, 7) is 10.3. The predicted octanol–water partition coefficient (Wildman–Crippen LogP) is 1.59. The summed E-state index contributed by atoms with van der Waals surface area (Å²) in [6.07, 6.45) is 4.34. The number of piperazine rings is 1. The number of nitrogens with two attached hydrogens (primary N) is 1. The van der Waals surface area contributed by atoms with Gasteiger partial charge >= 0.3 is 0 Å². The zero-order valence-electron chi connectivity index (χ0n) is 18.5. The van der Waals surface area contributed by atoms with E-state index in [2.05, 4.69) is 26.9 Å². The van der Waals surface area contributed by atoms with Crippen molar-refractivity contribution in [3.8, 4) is 0 Å². The summed E-state index contributed by atoms with van der Waals surface area (Å²) in [7, 11) is 0. The van der Waals surface area contributed by atoms with E-state index in [1.807, 2.05) is 43.0 Å². The van der Waals surface area contributed by atoms with E-state index >= 15 is 0 Å². The van der Waals surface area contributed by atoms with E-state index in [9.17, 15) is 9.59 Å². The molecule has 1 saturated heterocycles. The Morgan fingerprint density at radius 2 is 1.94 bits per heavy atom. The molecule has 0 saturated carbocycles. The van der Waals surface area contributed by atoms with Crippen LogP contribution in [0.4, 0.5) is 5.69 Å². The van der Waals surface area contributed by atoms with Gasteiger partial charge in [0.2, 0.25) is 5.91 Å². The molecular weight excluding hydrogens is 406 g/mol. The lowest BCUT2D eigenvalue weighted by molar-refractivity contribution is -0.132. The summed E-state index contributed by atoms with van der Waals surface area (Å²) in [5, 5.41) is 7.06. The van der Waals surface area contributed by atoms with Crippen LogP contribution in [0.15, 0.2) is 60.0 Å². The maximum absolute atomic E-state index is 12.8. The Bertz CT molecular complexity index is 1050. The van der Waals surface area contributed by atoms with Gasteiger partial charge in [0.25, 0.3) is 5.91 Å². The molecular formula is C23H29N7O2. The third kappa shape index (κ3) is 5.63. The largest absolute Gasteiger partial charge is 0.405 e. The highest BCUT2D eigenvalue weighted by Gasteiger charge is 2.24. The number of carbonyl (C=O) groups is 2. The topological polar surface area (TPSA) is 109 Å². The number of aliphatic imine (C=N–C) groups is 1. The molecule has 1 fully saturated rings. The van der Waals surface area contributed by atoms with Crippen LogP contribution < -0.4 is 16.0 Å². The number of rotatable bonds is 7. The summed E-state index contributed by atoms with van der Waals surface area (Å²) in [5.74, 6) is -0.0208. The number of hydrogen-bond donors (Lipinski definition) is 2. The summed E-state index contributed by atoms with van der Waals surface area (Å²) in [6, 6.07) is 9.34. The molecule has 0 aliphatic carbocycles. The lowest BCUT2D eigenvalue weighted by atomic mass is 10.1. The number of hydrogen-bond acceptors (Lipinski definition) is 6. The number of aromatic nitrogens is 2. The molecule has 0 unspecified atom stereocenters. The van der Waals surface area contributed by atoms with E-state index in [1.165, 1.54) is 12.4 Å². The number of benzene rings is 1. The molecule has 0 radical (unpaired) electrons. The van der Waals surface area contributed by atoms with Crippen LogP contribution in [0.5, 0.6) is 0 Å². The summed E-state index contributed by atoms with van der Waals surface area (Å²) >= 11 is 0. The van der Waals surface area contributed by atoms with Gasteiger partial charge in [-0.2, -0.15) is 5.10 Å². The second-order valence-electron chi connectivity index (χ2n) is 7.53. The smallest absolute Gasteiger partial charge is 0.258 e. The van der Waals surface area contributed by atoms with Gasteiger partial charge in [0, 0.05) is 43.8 Å². The van der Waals surface area contributed by atoms with Crippen molar-refractivity contribution in [2.75, 3.05) is 31.1 Å². The Hall–Kier alpha value is -3.88. The van der Waals surface area contributed by atoms with Crippen LogP contribution in [-0.4, -0.2) is 58.9 Å². The average Bonchev–Trinajstić information content (AvgIpc) is 3.10. The second kappa shape index (κ2) is 10.4. The standard InChI is InChI=1S/C23H29N7O2/c1-17-15-18(2)30(27-17)16-22(31)29-13-11-28(12-14-29)21-8-5-4-7-20(21)23(32)26-19(3)25-10-6-9-24/h4-10,15H,3,11-14,16,24H2,1-2H3,(H,26,32)/b9-6-,25-10-. The molecule has 3 N–H and O–H groups in total. The molecule has 9 heteroatoms. The molecule has 2 heterocycles. The highest BCUT2D eigenvalue weighted by atomic mass is 16.2. The first-order chi connectivity index (χ1) is 15.4. The Morgan fingerprint density at radius 3 is 2.59 bits per heavy atom. The molecule has 3 rings (SSSR count). The highest BCUT2D eigenvalue weighted by molar-refractivity contribution is 6.00. The van der Waals surface area contributed by atoms with Crippen LogP contribution in [0.25, 0.3) is 0 Å². The van der Waals surface area contributed by atoms with Gasteiger partial charge in [0.1, 0.15) is 12.4 Å². The van der Waals surface area contributed by atoms with Gasteiger partial charge in [-0.1, -0.05) is 18.7 Å². The third-order valence-corrected chi connectivity index (χ3v) is 5.20. The number of aryl methyl sites for hydroxylation is 2. The SMILES string of the molecule is C=C(/N=C\C=C/N)NC(=O)c1ccccc1N1CCN(C(=O)Cn2nc(C)cc2C)CC1. The van der Waals surface area contributed by atoms with Crippen LogP contribution >= 0.6 is 0 Å². The molecule has 0 spiro atoms. The lowest BCUT2D eigenvalue weighted by Crippen LogP contribution is -2.50. The first kappa shape index (κ1) is 22.8. The third-order valence-electron chi connectivity index (χ3n) is 5.20. The first-order valence-corrected chi connectivity index (χ1v) is 10.4. The Balaban J connectivity index is 1.62. The van der Waals surface area contributed by atoms with Crippen LogP contribution in [-0.2, 0) is 11.3 Å². The normalized spacial score (nSPS) is 14.3. The van der Waals surface area contributed by atoms with E-state index in [0.29, 0.717) is 31.7 Å². The second-order valence-corrected chi connectivity index (χ2v) is 7.53. The highest BCUT2D eigenvalue weighted by Crippen LogP contribution is 2.22. The quantitative estimate of drug-likeness (QED) is 0.642. The molecule has 1 aliphatic rings. The molecule has 32 heavy (non-hydrogen) atoms. The number of carbonyl (C=O) groups excluding carboxylic acids is 2. The van der Waals surface area contributed by atoms with Gasteiger partial charge in [-0.25, -0.2) is 4.99 Å². The minimum Gasteiger partial charge on any atom is -0.405 e. The van der Waals surface area contributed by atoms with Gasteiger partial charge < -0.3 is 20.9 Å². The minimum absolute atomic E-state index is 0.0440. The monoisotopic (exact) mass is 435 g/mol. The van der Waals surface area contributed by atoms with Crippen molar-refractivity contribution >= 4 is 23.7 Å². The molecule has 2 amide bonds. The number of para-hydroxylation sites is 1. The van der Waals surface area contributed by atoms with Crippen molar-refractivity contribution < 1.29 is 9.59 Å². The number of amides is 2. The summed E-state index contributed by atoms with van der Waals surface area (Å²) in [5.41, 5.74) is 8.48. The van der Waals surface area contributed by atoms with Gasteiger partial charge in [-0.15, -0.1) is 0 Å². The maximum Gasteiger partial charge on any atom is 0.258 e. The van der Waals surface area contributed by atoms with Crippen molar-refractivity contribution in [3.63, 3.8) is 0 Å². The molecule has 1 aromatic heterocycles. The first-order valence-electron chi connectivity index (χ1n) is 10.4. The number of allylic oxidation sites excluding steroid dienone is 1. The van der Waals surface area contributed by atoms with Gasteiger partial charge in [-0.05, 0) is 44.3 Å². The zero-order valence-corrected chi connectivity index (χ0v) is 18.5. The van der Waals surface area contributed by atoms with Crippen LogP contribution in [0.1, 0.15) is 21.7 Å². The van der Waals surface area contributed by atoms with E-state index in [1.54, 1.807) is 16.8 Å². The van der Waals surface area contributed by atoms with Crippen molar-refractivity contribution in [1.82, 2.24) is 20.0 Å². The molecule has 1 aromatic carbocycles. The van der Waals surface area contributed by atoms with E-state index in [-0.39, 0.29) is 24.2 Å². The van der Waals surface area contributed by atoms with Crippen LogP contribution in [0.3, 0.4) is 0 Å². The number of nitrogens with one attached hydrogen (secondary N) is 1. The number of nitrogens with zero attached hydrogens (tertiary/aromatic N) is 5. The van der Waals surface area contributed by atoms with Crippen LogP contribution in [0.2, 0.25) is 0 Å². The van der Waals surface area contributed by atoms with Gasteiger partial charge in [0.15, 0.2) is 0 Å². The Morgan fingerprint density at radius 1 is 1.22 bits per heavy atom. The fourth-order valence-corrected chi connectivity index (χ4v) is 3.61. The molecule has 168 valence electrons. The number of anilines is 1.